The van der Waals surface area contributed by atoms with E-state index in [0.29, 0.717) is 5.75 Å². The normalized spacial score (nSPS) is 16.4. The van der Waals surface area contributed by atoms with Gasteiger partial charge in [0.05, 0.1) is 6.61 Å². The fourth-order valence-electron chi connectivity index (χ4n) is 1.85. The number of thioether (sulfide) groups is 1. The maximum absolute atomic E-state index is 11.4. The van der Waals surface area contributed by atoms with Crippen molar-refractivity contribution in [2.45, 2.75) is 36.9 Å². The average molecular weight is 438 g/mol. The summed E-state index contributed by atoms with van der Waals surface area (Å²) in [4.78, 5) is 12.5. The second-order valence-electron chi connectivity index (χ2n) is 4.87. The maximum atomic E-state index is 11.4. The van der Waals surface area contributed by atoms with Crippen LogP contribution in [0.5, 0.6) is 0 Å². The van der Waals surface area contributed by atoms with E-state index in [9.17, 15) is 30.3 Å². The van der Waals surface area contributed by atoms with Gasteiger partial charge in [0.2, 0.25) is 0 Å². The molecule has 25 heavy (non-hydrogen) atoms. The number of hydrogen-bond acceptors (Lipinski definition) is 8. The number of nitrogens with zero attached hydrogens (tertiary/aromatic N) is 1. The van der Waals surface area contributed by atoms with Crippen LogP contribution in [0.4, 0.5) is 0 Å². The van der Waals surface area contributed by atoms with Crippen LogP contribution in [-0.2, 0) is 4.79 Å². The maximum Gasteiger partial charge on any atom is 1.00 e. The Hall–Kier alpha value is 1.86. The molecule has 0 aliphatic heterocycles. The summed E-state index contributed by atoms with van der Waals surface area (Å²) in [6.45, 7) is -1.20. The number of thiocarbonyl (C=S) groups is 1. The molecule has 0 radical (unpaired) electrons. The molecule has 8 nitrogen and oxygen atoms in total. The van der Waals surface area contributed by atoms with E-state index < -0.39 is 49.6 Å². The number of aliphatic hydroxyl groups is 5. The van der Waals surface area contributed by atoms with Gasteiger partial charge in [-0.1, -0.05) is 12.2 Å². The van der Waals surface area contributed by atoms with Gasteiger partial charge in [0.25, 0.3) is 0 Å². The third kappa shape index (κ3) is 11.4. The van der Waals surface area contributed by atoms with Gasteiger partial charge >= 0.3 is 65.1 Å². The molecular weight excluding hydrogens is 412 g/mol. The van der Waals surface area contributed by atoms with Gasteiger partial charge in [0.15, 0.2) is 0 Å². The summed E-state index contributed by atoms with van der Waals surface area (Å²) < 4.78 is -0.0815. The number of thiol groups is 1. The van der Waals surface area contributed by atoms with Gasteiger partial charge in [-0.25, -0.2) is 4.79 Å². The number of carbonyl (C=O) groups is 1. The number of carboxylic acid groups (broad SMARTS) is 1. The van der Waals surface area contributed by atoms with Crippen LogP contribution in [0.3, 0.4) is 0 Å². The van der Waals surface area contributed by atoms with E-state index in [0.717, 1.165) is 4.90 Å². The Bertz CT molecular complexity index is 408. The zero-order chi connectivity index (χ0) is 18.2. The summed E-state index contributed by atoms with van der Waals surface area (Å²) in [7, 11) is 0. The fraction of sp³-hybridized carbons (Fsp3) is 0.833. The fourth-order valence-corrected chi connectivity index (χ4v) is 2.74. The molecule has 0 rings (SSSR count). The smallest absolute Gasteiger partial charge is 1.00 e. The van der Waals surface area contributed by atoms with Gasteiger partial charge in [0.1, 0.15) is 34.8 Å². The molecule has 0 fully saturated rings. The zero-order valence-corrected chi connectivity index (χ0v) is 21.0. The SMILES string of the molecule is CSCC[C@@H](C(=O)O)N(CC(O)C(O)C(O)C(O)CO)C(=S)S.[H-].[H-].[Na+].[Na+]. The topological polar surface area (TPSA) is 142 Å². The summed E-state index contributed by atoms with van der Waals surface area (Å²) in [6.07, 6.45) is -4.78. The van der Waals surface area contributed by atoms with Crippen LogP contribution in [0, 0.1) is 0 Å². The molecule has 0 saturated heterocycles. The van der Waals surface area contributed by atoms with E-state index in [1.807, 2.05) is 6.26 Å². The first-order valence-corrected chi connectivity index (χ1v) is 8.96. The predicted molar refractivity (Wildman–Crippen MR) is 96.0 cm³/mol. The largest absolute Gasteiger partial charge is 1.00 e. The Kier molecular flexibility index (Phi) is 21.2. The van der Waals surface area contributed by atoms with Crippen molar-refractivity contribution < 1.29 is 97.4 Å². The van der Waals surface area contributed by atoms with E-state index in [1.165, 1.54) is 11.8 Å². The average Bonchev–Trinajstić information content (AvgIpc) is 2.50. The molecule has 0 aromatic heterocycles. The molecule has 0 amide bonds. The number of aliphatic hydroxyl groups excluding tert-OH is 5. The summed E-state index contributed by atoms with van der Waals surface area (Å²) in [5, 5.41) is 56.7. The van der Waals surface area contributed by atoms with Crippen molar-refractivity contribution >= 4 is 46.9 Å². The van der Waals surface area contributed by atoms with E-state index in [4.69, 9.17) is 17.3 Å². The Balaban J connectivity index is -0.000000403. The van der Waals surface area contributed by atoms with Crippen LogP contribution < -0.4 is 59.1 Å². The van der Waals surface area contributed by atoms with E-state index >= 15 is 0 Å². The molecule has 6 N–H and O–H groups in total. The van der Waals surface area contributed by atoms with Gasteiger partial charge in [-0.3, -0.25) is 0 Å². The quantitative estimate of drug-likeness (QED) is 0.0947. The molecule has 0 saturated carbocycles. The Labute approximate surface area is 209 Å². The summed E-state index contributed by atoms with van der Waals surface area (Å²) in [6, 6.07) is -1.05. The van der Waals surface area contributed by atoms with Crippen LogP contribution >= 0.6 is 36.6 Å². The first kappa shape index (κ1) is 31.6. The Morgan fingerprint density at radius 2 is 1.68 bits per heavy atom. The minimum Gasteiger partial charge on any atom is -1.00 e. The monoisotopic (exact) mass is 437 g/mol. The summed E-state index contributed by atoms with van der Waals surface area (Å²) >= 11 is 10.3. The van der Waals surface area contributed by atoms with E-state index in [1.54, 1.807) is 0 Å². The third-order valence-electron chi connectivity index (χ3n) is 3.21. The summed E-state index contributed by atoms with van der Waals surface area (Å²) in [5.74, 6) is -0.623. The van der Waals surface area contributed by atoms with Gasteiger partial charge in [-0.15, -0.1) is 12.6 Å². The number of rotatable bonds is 11. The Morgan fingerprint density at radius 3 is 2.04 bits per heavy atom. The van der Waals surface area contributed by atoms with Gasteiger partial charge < -0.3 is 38.4 Å². The molecule has 5 atom stereocenters. The van der Waals surface area contributed by atoms with Gasteiger partial charge in [0, 0.05) is 6.54 Å². The Morgan fingerprint density at radius 1 is 1.20 bits per heavy atom. The molecule has 140 valence electrons. The first-order chi connectivity index (χ1) is 10.7. The number of carboxylic acids is 1. The van der Waals surface area contributed by atoms with Crippen LogP contribution in [0.25, 0.3) is 0 Å². The minimum absolute atomic E-state index is 0. The second-order valence-corrected chi connectivity index (χ2v) is 6.97. The third-order valence-corrected chi connectivity index (χ3v) is 4.35. The van der Waals surface area contributed by atoms with Crippen molar-refractivity contribution in [1.82, 2.24) is 4.90 Å². The van der Waals surface area contributed by atoms with Gasteiger partial charge in [-0.2, -0.15) is 11.8 Å². The molecule has 0 aliphatic carbocycles. The first-order valence-electron chi connectivity index (χ1n) is 6.71. The molecule has 0 aromatic carbocycles. The molecule has 0 aliphatic rings. The van der Waals surface area contributed by atoms with Gasteiger partial charge in [-0.05, 0) is 18.4 Å². The van der Waals surface area contributed by atoms with Crippen molar-refractivity contribution in [1.29, 1.82) is 0 Å². The molecule has 4 unspecified atom stereocenters. The molecule has 13 heteroatoms. The van der Waals surface area contributed by atoms with Crippen LogP contribution in [0.1, 0.15) is 9.27 Å². The predicted octanol–water partition coefficient (Wildman–Crippen LogP) is -7.62. The molecule has 0 spiro atoms. The number of aliphatic carboxylic acids is 1. The molecule has 0 heterocycles. The van der Waals surface area contributed by atoms with Crippen LogP contribution in [0.2, 0.25) is 0 Å². The summed E-state index contributed by atoms with van der Waals surface area (Å²) in [5.41, 5.74) is 0. The zero-order valence-electron chi connectivity index (χ0n) is 16.5. The van der Waals surface area contributed by atoms with Crippen molar-refractivity contribution in [2.75, 3.05) is 25.2 Å². The van der Waals surface area contributed by atoms with Crippen molar-refractivity contribution in [2.24, 2.45) is 0 Å². The van der Waals surface area contributed by atoms with Crippen molar-refractivity contribution in [3.63, 3.8) is 0 Å². The van der Waals surface area contributed by atoms with Crippen molar-refractivity contribution in [3.8, 4) is 0 Å². The van der Waals surface area contributed by atoms with Crippen LogP contribution in [-0.4, -0.2) is 101 Å². The molecule has 0 aromatic rings. The molecular formula is C12H25NNa2O7S3. The standard InChI is InChI=1S/C12H23NO7S3.2Na.2H/c1-23-3-2-6(11(19)20)13(12(21)22)4-7(15)9(17)10(18)8(16)5-14;;;;/h6-10,14-18H,2-5H2,1H3,(H,19,20)(H,21,22);;;;/q;2*+1;2*-1/t6-,7?,8?,9?,10?;;;;/m0..../s1. The minimum atomic E-state index is -1.79. The van der Waals surface area contributed by atoms with E-state index in [2.05, 4.69) is 12.6 Å². The van der Waals surface area contributed by atoms with Crippen LogP contribution in [0.15, 0.2) is 0 Å². The number of hydrogen-bond donors (Lipinski definition) is 7. The van der Waals surface area contributed by atoms with E-state index in [-0.39, 0.29) is 72.7 Å². The molecule has 0 bridgehead atoms. The second kappa shape index (κ2) is 16.8. The van der Waals surface area contributed by atoms with Crippen molar-refractivity contribution in [3.05, 3.63) is 0 Å².